The van der Waals surface area contributed by atoms with Gasteiger partial charge in [-0.25, -0.2) is 13.1 Å². The van der Waals surface area contributed by atoms with Crippen LogP contribution in [0.15, 0.2) is 47.4 Å². The van der Waals surface area contributed by atoms with Crippen molar-refractivity contribution < 1.29 is 17.9 Å². The monoisotopic (exact) mass is 414 g/mol. The van der Waals surface area contributed by atoms with Crippen LogP contribution in [0.2, 0.25) is 10.0 Å². The molecule has 2 aromatic carbocycles. The Balaban J connectivity index is 1.67. The van der Waals surface area contributed by atoms with Crippen molar-refractivity contribution in [3.05, 3.63) is 58.1 Å². The van der Waals surface area contributed by atoms with E-state index in [0.29, 0.717) is 12.3 Å². The lowest BCUT2D eigenvalue weighted by atomic mass is 10.2. The maximum Gasteiger partial charge on any atom is 0.260 e. The summed E-state index contributed by atoms with van der Waals surface area (Å²) in [4.78, 5) is 13.6. The number of para-hydroxylation sites is 1. The zero-order valence-electron chi connectivity index (χ0n) is 13.6. The van der Waals surface area contributed by atoms with E-state index in [4.69, 9.17) is 27.9 Å². The molecule has 3 rings (SSSR count). The minimum atomic E-state index is -3.84. The molecule has 1 aliphatic rings. The van der Waals surface area contributed by atoms with Gasteiger partial charge in [0.1, 0.15) is 10.6 Å². The number of rotatable bonds is 5. The van der Waals surface area contributed by atoms with Crippen molar-refractivity contribution in [1.82, 2.24) is 9.62 Å². The predicted molar refractivity (Wildman–Crippen MR) is 99.0 cm³/mol. The molecular formula is C17H16Cl2N2O4S. The smallest absolute Gasteiger partial charge is 0.260 e. The molecule has 0 atom stereocenters. The third-order valence-corrected chi connectivity index (χ3v) is 6.07. The molecule has 0 aliphatic carbocycles. The Morgan fingerprint density at radius 2 is 1.92 bits per heavy atom. The topological polar surface area (TPSA) is 75.7 Å². The van der Waals surface area contributed by atoms with Crippen LogP contribution in [-0.4, -0.2) is 38.9 Å². The number of carbonyl (C=O) groups excluding carboxylic acids is 1. The van der Waals surface area contributed by atoms with Gasteiger partial charge in [-0.05, 0) is 24.3 Å². The predicted octanol–water partition coefficient (Wildman–Crippen LogP) is 2.69. The SMILES string of the molecule is O=C1COc2ccccc2CN1CCNS(=O)(=O)c1cc(Cl)ccc1Cl. The number of nitrogens with zero attached hydrogens (tertiary/aromatic N) is 1. The van der Waals surface area contributed by atoms with E-state index in [1.807, 2.05) is 18.2 Å². The number of nitrogens with one attached hydrogen (secondary N) is 1. The molecule has 0 radical (unpaired) electrons. The van der Waals surface area contributed by atoms with Gasteiger partial charge in [-0.2, -0.15) is 0 Å². The van der Waals surface area contributed by atoms with E-state index in [1.165, 1.54) is 18.2 Å². The van der Waals surface area contributed by atoms with Crippen molar-refractivity contribution in [3.8, 4) is 5.75 Å². The van der Waals surface area contributed by atoms with Crippen molar-refractivity contribution in [2.45, 2.75) is 11.4 Å². The van der Waals surface area contributed by atoms with Crippen molar-refractivity contribution >= 4 is 39.1 Å². The van der Waals surface area contributed by atoms with Crippen molar-refractivity contribution in [2.24, 2.45) is 0 Å². The summed E-state index contributed by atoms with van der Waals surface area (Å²) >= 11 is 11.8. The Hall–Kier alpha value is -1.80. The molecule has 9 heteroatoms. The highest BCUT2D eigenvalue weighted by molar-refractivity contribution is 7.89. The minimum absolute atomic E-state index is 0.0408. The van der Waals surface area contributed by atoms with Gasteiger partial charge in [0, 0.05) is 30.2 Å². The minimum Gasteiger partial charge on any atom is -0.483 e. The largest absolute Gasteiger partial charge is 0.483 e. The lowest BCUT2D eigenvalue weighted by molar-refractivity contribution is -0.133. The summed E-state index contributed by atoms with van der Waals surface area (Å²) < 4.78 is 32.7. The molecule has 0 aromatic heterocycles. The van der Waals surface area contributed by atoms with Gasteiger partial charge in [0.05, 0.1) is 5.02 Å². The first-order chi connectivity index (χ1) is 12.4. The fourth-order valence-corrected chi connectivity index (χ4v) is 4.36. The van der Waals surface area contributed by atoms with Crippen molar-refractivity contribution in [1.29, 1.82) is 0 Å². The average molecular weight is 415 g/mol. The maximum absolute atomic E-state index is 12.4. The third-order valence-electron chi connectivity index (χ3n) is 3.89. The highest BCUT2D eigenvalue weighted by atomic mass is 35.5. The van der Waals surface area contributed by atoms with Gasteiger partial charge in [0.25, 0.3) is 5.91 Å². The molecule has 1 N–H and O–H groups in total. The van der Waals surface area contributed by atoms with E-state index < -0.39 is 10.0 Å². The molecule has 6 nitrogen and oxygen atoms in total. The second-order valence-corrected chi connectivity index (χ2v) is 8.26. The highest BCUT2D eigenvalue weighted by Gasteiger charge is 2.23. The molecule has 1 aliphatic heterocycles. The molecule has 138 valence electrons. The Kier molecular flexibility index (Phi) is 5.72. The number of sulfonamides is 1. The van der Waals surface area contributed by atoms with Crippen LogP contribution in [0.5, 0.6) is 5.75 Å². The molecule has 0 saturated carbocycles. The van der Waals surface area contributed by atoms with E-state index in [1.54, 1.807) is 11.0 Å². The zero-order chi connectivity index (χ0) is 18.7. The number of carbonyl (C=O) groups is 1. The van der Waals surface area contributed by atoms with Gasteiger partial charge >= 0.3 is 0 Å². The summed E-state index contributed by atoms with van der Waals surface area (Å²) in [5.41, 5.74) is 0.874. The van der Waals surface area contributed by atoms with E-state index in [-0.39, 0.29) is 40.5 Å². The standard InChI is InChI=1S/C17H16Cl2N2O4S/c18-13-5-6-14(19)16(9-13)26(23,24)20-7-8-21-10-12-3-1-2-4-15(12)25-11-17(21)22/h1-6,9,20H,7-8,10-11H2. The molecule has 0 spiro atoms. The van der Waals surface area contributed by atoms with Crippen LogP contribution in [0.1, 0.15) is 5.56 Å². The van der Waals surface area contributed by atoms with Crippen LogP contribution in [0.25, 0.3) is 0 Å². The molecule has 0 saturated heterocycles. The van der Waals surface area contributed by atoms with Gasteiger partial charge in [-0.3, -0.25) is 4.79 Å². The summed E-state index contributed by atoms with van der Waals surface area (Å²) in [5, 5.41) is 0.348. The van der Waals surface area contributed by atoms with E-state index in [9.17, 15) is 13.2 Å². The number of hydrogen-bond acceptors (Lipinski definition) is 4. The summed E-state index contributed by atoms with van der Waals surface area (Å²) in [5.74, 6) is 0.454. The first-order valence-corrected chi connectivity index (χ1v) is 10.0. The van der Waals surface area contributed by atoms with Gasteiger partial charge in [0.15, 0.2) is 6.61 Å². The summed E-state index contributed by atoms with van der Waals surface area (Å²) in [6, 6.07) is 11.6. The van der Waals surface area contributed by atoms with Crippen molar-refractivity contribution in [3.63, 3.8) is 0 Å². The number of benzene rings is 2. The zero-order valence-corrected chi connectivity index (χ0v) is 15.9. The number of amides is 1. The van der Waals surface area contributed by atoms with Crippen LogP contribution < -0.4 is 9.46 Å². The van der Waals surface area contributed by atoms with E-state index in [0.717, 1.165) is 5.56 Å². The summed E-state index contributed by atoms with van der Waals surface area (Å²) in [6.45, 7) is 0.519. The number of hydrogen-bond donors (Lipinski definition) is 1. The molecule has 1 heterocycles. The lowest BCUT2D eigenvalue weighted by Crippen LogP contribution is -2.39. The number of fused-ring (bicyclic) bond motifs is 1. The lowest BCUT2D eigenvalue weighted by Gasteiger charge is -2.20. The van der Waals surface area contributed by atoms with Crippen LogP contribution >= 0.6 is 23.2 Å². The Bertz CT molecular complexity index is 934. The van der Waals surface area contributed by atoms with E-state index in [2.05, 4.69) is 4.72 Å². The first kappa shape index (κ1) is 19.0. The van der Waals surface area contributed by atoms with Crippen molar-refractivity contribution in [2.75, 3.05) is 19.7 Å². The van der Waals surface area contributed by atoms with E-state index >= 15 is 0 Å². The van der Waals surface area contributed by atoms with Crippen LogP contribution in [0.3, 0.4) is 0 Å². The number of halogens is 2. The van der Waals surface area contributed by atoms with Gasteiger partial charge in [0.2, 0.25) is 10.0 Å². The normalized spacial score (nSPS) is 14.5. The van der Waals surface area contributed by atoms with Crippen LogP contribution in [0.4, 0.5) is 0 Å². The Labute approximate surface area is 161 Å². The second kappa shape index (κ2) is 7.84. The van der Waals surface area contributed by atoms with Gasteiger partial charge in [-0.15, -0.1) is 0 Å². The molecule has 0 fully saturated rings. The molecule has 0 bridgehead atoms. The number of ether oxygens (including phenoxy) is 1. The highest BCUT2D eigenvalue weighted by Crippen LogP contribution is 2.25. The van der Waals surface area contributed by atoms with Crippen LogP contribution in [-0.2, 0) is 21.4 Å². The third kappa shape index (κ3) is 4.29. The summed E-state index contributed by atoms with van der Waals surface area (Å²) in [6.07, 6.45) is 0. The van der Waals surface area contributed by atoms with Gasteiger partial charge in [-0.1, -0.05) is 41.4 Å². The second-order valence-electron chi connectivity index (χ2n) is 5.68. The Morgan fingerprint density at radius 3 is 2.73 bits per heavy atom. The quantitative estimate of drug-likeness (QED) is 0.815. The summed E-state index contributed by atoms with van der Waals surface area (Å²) in [7, 11) is -3.84. The fourth-order valence-electron chi connectivity index (χ4n) is 2.58. The molecule has 1 amide bonds. The van der Waals surface area contributed by atoms with Gasteiger partial charge < -0.3 is 9.64 Å². The molecule has 0 unspecified atom stereocenters. The molecule has 2 aromatic rings. The molecule has 26 heavy (non-hydrogen) atoms. The fraction of sp³-hybridized carbons (Fsp3) is 0.235. The average Bonchev–Trinajstić information content (AvgIpc) is 2.76. The van der Waals surface area contributed by atoms with Crippen LogP contribution in [0, 0.1) is 0 Å². The molecular weight excluding hydrogens is 399 g/mol. The maximum atomic E-state index is 12.4. The first-order valence-electron chi connectivity index (χ1n) is 7.80. The Morgan fingerprint density at radius 1 is 1.15 bits per heavy atom.